The van der Waals surface area contributed by atoms with Gasteiger partial charge in [-0.1, -0.05) is 79.1 Å². The third-order valence-electron chi connectivity index (χ3n) is 6.82. The molecule has 0 saturated carbocycles. The van der Waals surface area contributed by atoms with Gasteiger partial charge in [0.05, 0.1) is 0 Å². The second kappa shape index (κ2) is 7.00. The molecule has 0 aromatic heterocycles. The van der Waals surface area contributed by atoms with Crippen LogP contribution in [0.15, 0.2) is 76.9 Å². The molecule has 0 heterocycles. The van der Waals surface area contributed by atoms with Gasteiger partial charge in [0.1, 0.15) is 0 Å². The molecule has 0 spiro atoms. The third-order valence-corrected chi connectivity index (χ3v) is 6.82. The molecule has 0 bridgehead atoms. The first-order valence-electron chi connectivity index (χ1n) is 10.3. The second-order valence-electron chi connectivity index (χ2n) is 8.19. The van der Waals surface area contributed by atoms with Crippen LogP contribution in [0.25, 0.3) is 5.57 Å². The fourth-order valence-electron chi connectivity index (χ4n) is 5.09. The third kappa shape index (κ3) is 2.83. The lowest BCUT2D eigenvalue weighted by atomic mass is 9.81. The molecule has 0 nitrogen and oxygen atoms in total. The summed E-state index contributed by atoms with van der Waals surface area (Å²) in [6, 6.07) is 18.0. The van der Waals surface area contributed by atoms with Gasteiger partial charge in [-0.3, -0.25) is 0 Å². The van der Waals surface area contributed by atoms with Crippen molar-refractivity contribution in [2.75, 3.05) is 0 Å². The van der Waals surface area contributed by atoms with Crippen LogP contribution < -0.4 is 0 Å². The Morgan fingerprint density at radius 2 is 1.33 bits per heavy atom. The molecule has 0 fully saturated rings. The molecule has 0 saturated heterocycles. The smallest absolute Gasteiger partial charge is 0.0137 e. The monoisotopic (exact) mass is 354 g/mol. The molecule has 0 radical (unpaired) electrons. The number of fused-ring (bicyclic) bond motifs is 1. The summed E-state index contributed by atoms with van der Waals surface area (Å²) in [5.74, 6) is 0.945. The molecule has 2 aromatic carbocycles. The van der Waals surface area contributed by atoms with E-state index in [0.29, 0.717) is 11.8 Å². The molecule has 0 amide bonds. The minimum Gasteiger partial charge on any atom is -0.0676 e. The Bertz CT molecular complexity index is 957. The summed E-state index contributed by atoms with van der Waals surface area (Å²) in [5.41, 5.74) is 13.3. The summed E-state index contributed by atoms with van der Waals surface area (Å²) in [7, 11) is 0. The zero-order valence-electron chi connectivity index (χ0n) is 17.3. The van der Waals surface area contributed by atoms with E-state index in [1.807, 2.05) is 0 Å². The number of benzene rings is 2. The van der Waals surface area contributed by atoms with Gasteiger partial charge in [0.25, 0.3) is 0 Å². The number of rotatable bonds is 4. The molecule has 0 heteroatoms. The maximum atomic E-state index is 2.56. The molecule has 138 valence electrons. The van der Waals surface area contributed by atoms with Crippen molar-refractivity contribution >= 4 is 5.57 Å². The van der Waals surface area contributed by atoms with E-state index in [1.54, 1.807) is 11.1 Å². The van der Waals surface area contributed by atoms with Gasteiger partial charge in [0.15, 0.2) is 0 Å². The summed E-state index contributed by atoms with van der Waals surface area (Å²) in [6.45, 7) is 11.5. The Labute approximate surface area is 164 Å². The first-order chi connectivity index (χ1) is 13.0. The molecule has 4 rings (SSSR count). The molecule has 0 N–H and O–H groups in total. The highest BCUT2D eigenvalue weighted by molar-refractivity contribution is 5.87. The highest BCUT2D eigenvalue weighted by Crippen LogP contribution is 2.51. The van der Waals surface area contributed by atoms with E-state index in [2.05, 4.69) is 89.2 Å². The van der Waals surface area contributed by atoms with E-state index < -0.39 is 0 Å². The van der Waals surface area contributed by atoms with E-state index in [-0.39, 0.29) is 0 Å². The Kier molecular flexibility index (Phi) is 4.68. The maximum absolute atomic E-state index is 2.56. The van der Waals surface area contributed by atoms with Crippen molar-refractivity contribution < 1.29 is 0 Å². The van der Waals surface area contributed by atoms with Crippen molar-refractivity contribution in [2.45, 2.75) is 53.4 Å². The second-order valence-corrected chi connectivity index (χ2v) is 8.19. The van der Waals surface area contributed by atoms with Gasteiger partial charge >= 0.3 is 0 Å². The van der Waals surface area contributed by atoms with Gasteiger partial charge in [0, 0.05) is 11.8 Å². The van der Waals surface area contributed by atoms with E-state index in [0.717, 1.165) is 6.42 Å². The van der Waals surface area contributed by atoms with Gasteiger partial charge in [-0.05, 0) is 73.1 Å². The summed E-state index contributed by atoms with van der Waals surface area (Å²) in [6.07, 6.45) is 4.88. The lowest BCUT2D eigenvalue weighted by Gasteiger charge is -2.23. The molecule has 2 aliphatic carbocycles. The van der Waals surface area contributed by atoms with Gasteiger partial charge in [-0.25, -0.2) is 0 Å². The van der Waals surface area contributed by atoms with Crippen LogP contribution >= 0.6 is 0 Å². The van der Waals surface area contributed by atoms with Crippen LogP contribution in [-0.4, -0.2) is 0 Å². The molecular formula is C27H30. The fourth-order valence-corrected chi connectivity index (χ4v) is 5.09. The average molecular weight is 355 g/mol. The van der Waals surface area contributed by atoms with Gasteiger partial charge in [-0.15, -0.1) is 0 Å². The molecule has 2 aliphatic rings. The Balaban J connectivity index is 1.87. The van der Waals surface area contributed by atoms with E-state index in [1.165, 1.54) is 45.4 Å². The fraction of sp³-hybridized carbons (Fsp3) is 0.333. The van der Waals surface area contributed by atoms with Crippen LogP contribution in [0.1, 0.15) is 69.2 Å². The SMILES string of the molecule is CCCc1ccccc1C1=CC(C2C(C)=C(C)C(C)=C2C)c2ccccc21. The molecule has 0 aliphatic heterocycles. The standard InChI is InChI=1S/C27H30/c1-6-11-21-12-7-8-13-22(21)25-16-26(24-15-10-9-14-23(24)25)27-19(4)17(2)18(3)20(27)5/h7-10,12-16,26-27H,6,11H2,1-5H3. The van der Waals surface area contributed by atoms with Crippen LogP contribution in [0.4, 0.5) is 0 Å². The molecular weight excluding hydrogens is 324 g/mol. The zero-order chi connectivity index (χ0) is 19.1. The Morgan fingerprint density at radius 1 is 0.741 bits per heavy atom. The minimum atomic E-state index is 0.443. The van der Waals surface area contributed by atoms with E-state index in [4.69, 9.17) is 0 Å². The van der Waals surface area contributed by atoms with Crippen molar-refractivity contribution in [3.8, 4) is 0 Å². The van der Waals surface area contributed by atoms with Gasteiger partial charge < -0.3 is 0 Å². The number of hydrogen-bond acceptors (Lipinski definition) is 0. The van der Waals surface area contributed by atoms with Crippen molar-refractivity contribution in [3.05, 3.63) is 99.2 Å². The highest BCUT2D eigenvalue weighted by Gasteiger charge is 2.36. The van der Waals surface area contributed by atoms with Crippen LogP contribution in [0.3, 0.4) is 0 Å². The van der Waals surface area contributed by atoms with Gasteiger partial charge in [0.2, 0.25) is 0 Å². The van der Waals surface area contributed by atoms with Crippen LogP contribution in [0.2, 0.25) is 0 Å². The molecule has 27 heavy (non-hydrogen) atoms. The summed E-state index contributed by atoms with van der Waals surface area (Å²) < 4.78 is 0. The highest BCUT2D eigenvalue weighted by atomic mass is 14.4. The largest absolute Gasteiger partial charge is 0.0676 e. The van der Waals surface area contributed by atoms with Gasteiger partial charge in [-0.2, -0.15) is 0 Å². The molecule has 1 unspecified atom stereocenters. The van der Waals surface area contributed by atoms with Crippen LogP contribution in [0.5, 0.6) is 0 Å². The first-order valence-corrected chi connectivity index (χ1v) is 10.3. The maximum Gasteiger partial charge on any atom is 0.0137 e. The van der Waals surface area contributed by atoms with Crippen LogP contribution in [0, 0.1) is 5.92 Å². The van der Waals surface area contributed by atoms with Crippen molar-refractivity contribution in [3.63, 3.8) is 0 Å². The summed E-state index contributed by atoms with van der Waals surface area (Å²) >= 11 is 0. The van der Waals surface area contributed by atoms with Crippen molar-refractivity contribution in [1.82, 2.24) is 0 Å². The van der Waals surface area contributed by atoms with Crippen molar-refractivity contribution in [1.29, 1.82) is 0 Å². The number of allylic oxidation sites excluding steroid dienone is 5. The molecule has 2 aromatic rings. The first kappa shape index (κ1) is 18.0. The van der Waals surface area contributed by atoms with E-state index in [9.17, 15) is 0 Å². The number of hydrogen-bond donors (Lipinski definition) is 0. The normalized spacial score (nSPS) is 19.7. The summed E-state index contributed by atoms with van der Waals surface area (Å²) in [4.78, 5) is 0. The molecule has 1 atom stereocenters. The lowest BCUT2D eigenvalue weighted by Crippen LogP contribution is -2.11. The Hall–Kier alpha value is -2.34. The van der Waals surface area contributed by atoms with Crippen LogP contribution in [-0.2, 0) is 6.42 Å². The van der Waals surface area contributed by atoms with E-state index >= 15 is 0 Å². The predicted octanol–water partition coefficient (Wildman–Crippen LogP) is 7.47. The minimum absolute atomic E-state index is 0.443. The predicted molar refractivity (Wildman–Crippen MR) is 117 cm³/mol. The Morgan fingerprint density at radius 3 is 2.00 bits per heavy atom. The summed E-state index contributed by atoms with van der Waals surface area (Å²) in [5, 5.41) is 0. The topological polar surface area (TPSA) is 0 Å². The average Bonchev–Trinajstić information content (AvgIpc) is 3.14. The lowest BCUT2D eigenvalue weighted by molar-refractivity contribution is 0.648. The van der Waals surface area contributed by atoms with Crippen molar-refractivity contribution in [2.24, 2.45) is 5.92 Å². The zero-order valence-corrected chi connectivity index (χ0v) is 17.3. The quantitative estimate of drug-likeness (QED) is 0.534. The number of aryl methyl sites for hydroxylation is 1.